The lowest BCUT2D eigenvalue weighted by Gasteiger charge is -2.29. The summed E-state index contributed by atoms with van der Waals surface area (Å²) in [7, 11) is 0. The molecule has 0 aliphatic carbocycles. The third kappa shape index (κ3) is 4.76. The molecule has 0 saturated carbocycles. The Balaban J connectivity index is 1.70. The maximum atomic E-state index is 12.9. The number of hydrogen-bond acceptors (Lipinski definition) is 6. The zero-order valence-corrected chi connectivity index (χ0v) is 19.8. The van der Waals surface area contributed by atoms with Crippen LogP contribution in [0.15, 0.2) is 60.7 Å². The number of nitrogens with zero attached hydrogens (tertiary/aromatic N) is 3. The number of fused-ring (bicyclic) bond motifs is 1. The Morgan fingerprint density at radius 2 is 1.66 bits per heavy atom. The van der Waals surface area contributed by atoms with Crippen LogP contribution in [0.4, 0.5) is 5.82 Å². The first kappa shape index (κ1) is 22.2. The molecule has 0 bridgehead atoms. The number of anilines is 1. The van der Waals surface area contributed by atoms with Crippen LogP contribution in [-0.4, -0.2) is 22.0 Å². The number of rotatable bonds is 7. The van der Waals surface area contributed by atoms with E-state index in [1.165, 1.54) is 16.9 Å². The van der Waals surface area contributed by atoms with E-state index in [-0.39, 0.29) is 23.9 Å². The molecule has 2 heterocycles. The van der Waals surface area contributed by atoms with Crippen LogP contribution in [0.1, 0.15) is 40.2 Å². The van der Waals surface area contributed by atoms with Crippen molar-refractivity contribution in [2.45, 2.75) is 40.0 Å². The molecule has 4 aromatic rings. The number of aromatic nitrogens is 2. The van der Waals surface area contributed by atoms with Crippen LogP contribution in [0.2, 0.25) is 5.28 Å². The fraction of sp³-hybridized carbons (Fsp3) is 0.240. The predicted molar refractivity (Wildman–Crippen MR) is 130 cm³/mol. The lowest BCUT2D eigenvalue weighted by atomic mass is 10.1. The van der Waals surface area contributed by atoms with Crippen molar-refractivity contribution in [2.75, 3.05) is 4.90 Å². The number of esters is 1. The number of hydrogen-bond donors (Lipinski definition) is 0. The highest BCUT2D eigenvalue weighted by Gasteiger charge is 2.25. The van der Waals surface area contributed by atoms with E-state index in [0.717, 1.165) is 22.3 Å². The molecule has 0 aliphatic rings. The molecular weight excluding hydrogens is 442 g/mol. The van der Waals surface area contributed by atoms with E-state index < -0.39 is 0 Å². The zero-order valence-electron chi connectivity index (χ0n) is 18.2. The van der Waals surface area contributed by atoms with Gasteiger partial charge in [0.25, 0.3) is 0 Å². The van der Waals surface area contributed by atoms with Crippen LogP contribution < -0.4 is 4.90 Å². The lowest BCUT2D eigenvalue weighted by Crippen LogP contribution is -2.31. The van der Waals surface area contributed by atoms with Gasteiger partial charge in [0, 0.05) is 12.6 Å². The summed E-state index contributed by atoms with van der Waals surface area (Å²) < 4.78 is 5.57. The van der Waals surface area contributed by atoms with Gasteiger partial charge in [0.1, 0.15) is 22.1 Å². The third-order valence-electron chi connectivity index (χ3n) is 5.23. The Hall–Kier alpha value is -2.96. The standard InChI is InChI=1S/C25H24ClN3O2S/c1-16(2)29(14-18-10-6-4-7-11-18)22-20-17(3)21(32-23(20)28-25(26)27-22)24(30)31-15-19-12-8-5-9-13-19/h4-13,16H,14-15H2,1-3H3. The van der Waals surface area contributed by atoms with Gasteiger partial charge < -0.3 is 9.64 Å². The van der Waals surface area contributed by atoms with Gasteiger partial charge in [-0.2, -0.15) is 4.98 Å². The molecule has 0 fully saturated rings. The summed E-state index contributed by atoms with van der Waals surface area (Å²) in [6.45, 7) is 7.03. The Labute approximate surface area is 196 Å². The van der Waals surface area contributed by atoms with Crippen LogP contribution in [0, 0.1) is 6.92 Å². The average Bonchev–Trinajstić information content (AvgIpc) is 3.12. The van der Waals surface area contributed by atoms with Crippen LogP contribution in [-0.2, 0) is 17.9 Å². The summed E-state index contributed by atoms with van der Waals surface area (Å²) in [4.78, 5) is 25.3. The molecule has 0 atom stereocenters. The number of carbonyl (C=O) groups excluding carboxylic acids is 1. The van der Waals surface area contributed by atoms with E-state index in [4.69, 9.17) is 16.3 Å². The largest absolute Gasteiger partial charge is 0.457 e. The Kier molecular flexibility index (Phi) is 6.72. The number of ether oxygens (including phenoxy) is 1. The van der Waals surface area contributed by atoms with E-state index in [1.54, 1.807) is 0 Å². The normalized spacial score (nSPS) is 11.2. The van der Waals surface area contributed by atoms with Gasteiger partial charge in [-0.1, -0.05) is 60.7 Å². The lowest BCUT2D eigenvalue weighted by molar-refractivity contribution is 0.0478. The third-order valence-corrected chi connectivity index (χ3v) is 6.57. The van der Waals surface area contributed by atoms with E-state index in [2.05, 4.69) is 40.8 Å². The first-order valence-electron chi connectivity index (χ1n) is 10.4. The van der Waals surface area contributed by atoms with E-state index >= 15 is 0 Å². The second-order valence-electron chi connectivity index (χ2n) is 7.82. The van der Waals surface area contributed by atoms with Gasteiger partial charge >= 0.3 is 5.97 Å². The maximum absolute atomic E-state index is 12.9. The van der Waals surface area contributed by atoms with Gasteiger partial charge in [-0.05, 0) is 49.1 Å². The average molecular weight is 466 g/mol. The number of benzene rings is 2. The molecule has 2 aromatic heterocycles. The molecule has 0 spiro atoms. The molecule has 2 aromatic carbocycles. The van der Waals surface area contributed by atoms with Crippen molar-refractivity contribution < 1.29 is 9.53 Å². The monoisotopic (exact) mass is 465 g/mol. The van der Waals surface area contributed by atoms with Crippen molar-refractivity contribution >= 4 is 44.9 Å². The van der Waals surface area contributed by atoms with Gasteiger partial charge in [-0.3, -0.25) is 0 Å². The van der Waals surface area contributed by atoms with Gasteiger partial charge in [0.15, 0.2) is 0 Å². The van der Waals surface area contributed by atoms with E-state index in [0.29, 0.717) is 16.3 Å². The quantitative estimate of drug-likeness (QED) is 0.232. The summed E-state index contributed by atoms with van der Waals surface area (Å²) in [5, 5.41) is 1.01. The molecule has 0 N–H and O–H groups in total. The minimum Gasteiger partial charge on any atom is -0.457 e. The van der Waals surface area contributed by atoms with E-state index in [1.807, 2.05) is 55.5 Å². The minimum absolute atomic E-state index is 0.164. The maximum Gasteiger partial charge on any atom is 0.349 e. The SMILES string of the molecule is Cc1c(C(=O)OCc2ccccc2)sc2nc(Cl)nc(N(Cc3ccccc3)C(C)C)c12. The summed E-state index contributed by atoms with van der Waals surface area (Å²) in [6, 6.07) is 20.0. The number of aryl methyl sites for hydroxylation is 1. The molecule has 164 valence electrons. The molecule has 0 aliphatic heterocycles. The Bertz CT molecular complexity index is 1230. The van der Waals surface area contributed by atoms with Crippen molar-refractivity contribution in [1.29, 1.82) is 0 Å². The second kappa shape index (κ2) is 9.67. The topological polar surface area (TPSA) is 55.3 Å². The molecule has 0 unspecified atom stereocenters. The highest BCUT2D eigenvalue weighted by Crippen LogP contribution is 2.37. The fourth-order valence-corrected chi connectivity index (χ4v) is 4.85. The highest BCUT2D eigenvalue weighted by atomic mass is 35.5. The molecule has 0 amide bonds. The van der Waals surface area contributed by atoms with Crippen molar-refractivity contribution in [1.82, 2.24) is 9.97 Å². The van der Waals surface area contributed by atoms with Crippen LogP contribution >= 0.6 is 22.9 Å². The fourth-order valence-electron chi connectivity index (χ4n) is 3.57. The van der Waals surface area contributed by atoms with Gasteiger partial charge in [-0.15, -0.1) is 11.3 Å². The number of carbonyl (C=O) groups is 1. The number of halogens is 1. The van der Waals surface area contributed by atoms with Crippen LogP contribution in [0.5, 0.6) is 0 Å². The van der Waals surface area contributed by atoms with Crippen LogP contribution in [0.3, 0.4) is 0 Å². The minimum atomic E-state index is -0.365. The van der Waals surface area contributed by atoms with Crippen molar-refractivity contribution in [3.63, 3.8) is 0 Å². The molecule has 7 heteroatoms. The Morgan fingerprint density at radius 3 is 2.28 bits per heavy atom. The summed E-state index contributed by atoms with van der Waals surface area (Å²) in [5.74, 6) is 0.366. The summed E-state index contributed by atoms with van der Waals surface area (Å²) >= 11 is 7.59. The zero-order chi connectivity index (χ0) is 22.7. The smallest absolute Gasteiger partial charge is 0.349 e. The first-order valence-corrected chi connectivity index (χ1v) is 11.6. The molecule has 32 heavy (non-hydrogen) atoms. The van der Waals surface area contributed by atoms with Crippen LogP contribution in [0.25, 0.3) is 10.2 Å². The predicted octanol–water partition coefficient (Wildman–Crippen LogP) is 6.43. The molecule has 0 radical (unpaired) electrons. The molecule has 4 rings (SSSR count). The van der Waals surface area contributed by atoms with Crippen molar-refractivity contribution in [3.05, 3.63) is 87.5 Å². The molecule has 5 nitrogen and oxygen atoms in total. The summed E-state index contributed by atoms with van der Waals surface area (Å²) in [5.41, 5.74) is 2.92. The van der Waals surface area contributed by atoms with Gasteiger partial charge in [-0.25, -0.2) is 9.78 Å². The van der Waals surface area contributed by atoms with E-state index in [9.17, 15) is 4.79 Å². The highest BCUT2D eigenvalue weighted by molar-refractivity contribution is 7.20. The summed E-state index contributed by atoms with van der Waals surface area (Å²) in [6.07, 6.45) is 0. The molecular formula is C25H24ClN3O2S. The first-order chi connectivity index (χ1) is 15.4. The molecule has 0 saturated heterocycles. The van der Waals surface area contributed by atoms with Crippen molar-refractivity contribution in [2.24, 2.45) is 0 Å². The Morgan fingerprint density at radius 1 is 1.03 bits per heavy atom. The number of thiophene rings is 1. The second-order valence-corrected chi connectivity index (χ2v) is 9.16. The van der Waals surface area contributed by atoms with Crippen molar-refractivity contribution in [3.8, 4) is 0 Å². The van der Waals surface area contributed by atoms with Gasteiger partial charge in [0.2, 0.25) is 5.28 Å². The van der Waals surface area contributed by atoms with Gasteiger partial charge in [0.05, 0.1) is 5.39 Å².